The third-order valence-electron chi connectivity index (χ3n) is 2.62. The number of nitrogens with one attached hydrogen (secondary N) is 1. The fourth-order valence-electron chi connectivity index (χ4n) is 1.66. The molecule has 1 N–H and O–H groups in total. The summed E-state index contributed by atoms with van der Waals surface area (Å²) in [5, 5.41) is 20.9. The van der Waals surface area contributed by atoms with Gasteiger partial charge in [0.15, 0.2) is 5.82 Å². The molecular weight excluding hydrogens is 283 g/mol. The van der Waals surface area contributed by atoms with E-state index < -0.39 is 0 Å². The first-order valence-electron chi connectivity index (χ1n) is 5.55. The number of halogens is 2. The highest BCUT2D eigenvalue weighted by molar-refractivity contribution is 6.35. The topological polar surface area (TPSA) is 61.6 Å². The molecule has 0 saturated carbocycles. The van der Waals surface area contributed by atoms with Gasteiger partial charge < -0.3 is 5.32 Å². The second-order valence-electron chi connectivity index (χ2n) is 3.94. The van der Waals surface area contributed by atoms with Crippen LogP contribution < -0.4 is 5.32 Å². The number of rotatable bonds is 3. The van der Waals surface area contributed by atoms with Crippen molar-refractivity contribution in [1.29, 1.82) is 5.26 Å². The normalized spacial score (nSPS) is 11.7. The van der Waals surface area contributed by atoms with Crippen molar-refractivity contribution in [2.45, 2.75) is 13.0 Å². The van der Waals surface area contributed by atoms with E-state index in [2.05, 4.69) is 21.6 Å². The lowest BCUT2D eigenvalue weighted by Gasteiger charge is -2.16. The molecule has 6 heteroatoms. The molecule has 1 aromatic heterocycles. The molecule has 19 heavy (non-hydrogen) atoms. The Labute approximate surface area is 121 Å². The Morgan fingerprint density at radius 3 is 2.79 bits per heavy atom. The van der Waals surface area contributed by atoms with Crippen LogP contribution in [-0.4, -0.2) is 10.2 Å². The summed E-state index contributed by atoms with van der Waals surface area (Å²) in [5.41, 5.74) is 1.31. The van der Waals surface area contributed by atoms with Crippen molar-refractivity contribution in [3.8, 4) is 6.07 Å². The summed E-state index contributed by atoms with van der Waals surface area (Å²) in [5.74, 6) is 0.434. The summed E-state index contributed by atoms with van der Waals surface area (Å²) in [6.45, 7) is 1.92. The van der Waals surface area contributed by atoms with Gasteiger partial charge >= 0.3 is 0 Å². The molecule has 1 unspecified atom stereocenters. The predicted octanol–water partition coefficient (Wildman–Crippen LogP) is 3.83. The second kappa shape index (κ2) is 5.87. The third kappa shape index (κ3) is 3.14. The van der Waals surface area contributed by atoms with Gasteiger partial charge in [0.25, 0.3) is 0 Å². The minimum atomic E-state index is -0.117. The van der Waals surface area contributed by atoms with E-state index in [1.807, 2.05) is 13.0 Å². The van der Waals surface area contributed by atoms with E-state index in [0.717, 1.165) is 5.56 Å². The Balaban J connectivity index is 2.26. The molecule has 4 nitrogen and oxygen atoms in total. The molecule has 0 radical (unpaired) electrons. The van der Waals surface area contributed by atoms with Gasteiger partial charge in [-0.1, -0.05) is 29.3 Å². The van der Waals surface area contributed by atoms with Gasteiger partial charge in [-0.15, -0.1) is 5.10 Å². The van der Waals surface area contributed by atoms with Crippen LogP contribution in [0.2, 0.25) is 10.0 Å². The standard InChI is InChI=1S/C13H10Cl2N4/c1-8(11-3-2-10(14)6-12(11)15)18-13-9(7-16)4-5-17-19-13/h2-6,8H,1H3,(H,18,19). The molecule has 0 aliphatic carbocycles. The molecule has 0 aliphatic heterocycles. The molecule has 0 fully saturated rings. The van der Waals surface area contributed by atoms with Crippen LogP contribution in [0.15, 0.2) is 30.5 Å². The van der Waals surface area contributed by atoms with Crippen LogP contribution in [0.25, 0.3) is 0 Å². The smallest absolute Gasteiger partial charge is 0.167 e. The SMILES string of the molecule is CC(Nc1nnccc1C#N)c1ccc(Cl)cc1Cl. The average Bonchev–Trinajstić information content (AvgIpc) is 2.39. The first-order valence-corrected chi connectivity index (χ1v) is 6.30. The van der Waals surface area contributed by atoms with Crippen molar-refractivity contribution in [2.24, 2.45) is 0 Å². The lowest BCUT2D eigenvalue weighted by molar-refractivity contribution is 0.859. The van der Waals surface area contributed by atoms with Crippen LogP contribution in [0.1, 0.15) is 24.1 Å². The quantitative estimate of drug-likeness (QED) is 0.934. The zero-order valence-electron chi connectivity index (χ0n) is 10.1. The van der Waals surface area contributed by atoms with Crippen LogP contribution in [0.3, 0.4) is 0 Å². The van der Waals surface area contributed by atoms with E-state index in [4.69, 9.17) is 28.5 Å². The van der Waals surface area contributed by atoms with Crippen LogP contribution in [0, 0.1) is 11.3 Å². The molecule has 1 heterocycles. The van der Waals surface area contributed by atoms with Crippen molar-refractivity contribution in [3.05, 3.63) is 51.6 Å². The Kier molecular flexibility index (Phi) is 4.20. The summed E-state index contributed by atoms with van der Waals surface area (Å²) in [6.07, 6.45) is 1.48. The van der Waals surface area contributed by atoms with Crippen LogP contribution >= 0.6 is 23.2 Å². The Morgan fingerprint density at radius 2 is 2.11 bits per heavy atom. The summed E-state index contributed by atoms with van der Waals surface area (Å²) in [4.78, 5) is 0. The van der Waals surface area contributed by atoms with Gasteiger partial charge in [0, 0.05) is 10.0 Å². The maximum atomic E-state index is 8.99. The number of nitrogens with zero attached hydrogens (tertiary/aromatic N) is 3. The average molecular weight is 293 g/mol. The zero-order valence-corrected chi connectivity index (χ0v) is 11.6. The van der Waals surface area contributed by atoms with Crippen LogP contribution in [-0.2, 0) is 0 Å². The molecule has 0 saturated heterocycles. The highest BCUT2D eigenvalue weighted by Crippen LogP contribution is 2.28. The van der Waals surface area contributed by atoms with Gasteiger partial charge in [-0.3, -0.25) is 0 Å². The molecule has 0 amide bonds. The van der Waals surface area contributed by atoms with E-state index in [-0.39, 0.29) is 6.04 Å². The molecule has 96 valence electrons. The number of nitriles is 1. The molecule has 1 atom stereocenters. The maximum absolute atomic E-state index is 8.99. The van der Waals surface area contributed by atoms with E-state index in [1.54, 1.807) is 18.2 Å². The van der Waals surface area contributed by atoms with Gasteiger partial charge in [0.05, 0.1) is 17.8 Å². The van der Waals surface area contributed by atoms with Crippen molar-refractivity contribution in [1.82, 2.24) is 10.2 Å². The van der Waals surface area contributed by atoms with E-state index in [1.165, 1.54) is 6.20 Å². The van der Waals surface area contributed by atoms with Crippen molar-refractivity contribution in [2.75, 3.05) is 5.32 Å². The van der Waals surface area contributed by atoms with Gasteiger partial charge in [0.2, 0.25) is 0 Å². The summed E-state index contributed by atoms with van der Waals surface area (Å²) in [7, 11) is 0. The summed E-state index contributed by atoms with van der Waals surface area (Å²) < 4.78 is 0. The Morgan fingerprint density at radius 1 is 1.32 bits per heavy atom. The zero-order chi connectivity index (χ0) is 13.8. The molecule has 0 spiro atoms. The first kappa shape index (κ1) is 13.6. The lowest BCUT2D eigenvalue weighted by atomic mass is 10.1. The molecule has 2 rings (SSSR count). The van der Waals surface area contributed by atoms with Gasteiger partial charge in [-0.25, -0.2) is 0 Å². The molecule has 2 aromatic rings. The molecule has 0 bridgehead atoms. The first-order chi connectivity index (χ1) is 9.11. The third-order valence-corrected chi connectivity index (χ3v) is 3.19. The number of aromatic nitrogens is 2. The minimum absolute atomic E-state index is 0.117. The number of benzene rings is 1. The predicted molar refractivity (Wildman–Crippen MR) is 75.2 cm³/mol. The molecule has 1 aromatic carbocycles. The number of hydrogen-bond acceptors (Lipinski definition) is 4. The largest absolute Gasteiger partial charge is 0.361 e. The van der Waals surface area contributed by atoms with Crippen molar-refractivity contribution >= 4 is 29.0 Å². The number of anilines is 1. The van der Waals surface area contributed by atoms with Gasteiger partial charge in [0.1, 0.15) is 6.07 Å². The summed E-state index contributed by atoms with van der Waals surface area (Å²) in [6, 6.07) is 8.83. The monoisotopic (exact) mass is 292 g/mol. The fraction of sp³-hybridized carbons (Fsp3) is 0.154. The van der Waals surface area contributed by atoms with E-state index in [9.17, 15) is 0 Å². The Hall–Kier alpha value is -1.83. The van der Waals surface area contributed by atoms with Gasteiger partial charge in [-0.05, 0) is 30.7 Å². The molecule has 0 aliphatic rings. The fourth-order valence-corrected chi connectivity index (χ4v) is 2.24. The Bertz CT molecular complexity index is 637. The van der Waals surface area contributed by atoms with Crippen LogP contribution in [0.4, 0.5) is 5.82 Å². The van der Waals surface area contributed by atoms with Crippen molar-refractivity contribution < 1.29 is 0 Å². The maximum Gasteiger partial charge on any atom is 0.167 e. The highest BCUT2D eigenvalue weighted by atomic mass is 35.5. The number of hydrogen-bond donors (Lipinski definition) is 1. The molecular formula is C13H10Cl2N4. The lowest BCUT2D eigenvalue weighted by Crippen LogP contribution is -2.10. The van der Waals surface area contributed by atoms with Crippen molar-refractivity contribution in [3.63, 3.8) is 0 Å². The minimum Gasteiger partial charge on any atom is -0.361 e. The van der Waals surface area contributed by atoms with E-state index in [0.29, 0.717) is 21.4 Å². The van der Waals surface area contributed by atoms with Gasteiger partial charge in [-0.2, -0.15) is 10.4 Å². The second-order valence-corrected chi connectivity index (χ2v) is 4.78. The van der Waals surface area contributed by atoms with Crippen LogP contribution in [0.5, 0.6) is 0 Å². The summed E-state index contributed by atoms with van der Waals surface area (Å²) >= 11 is 12.0. The van der Waals surface area contributed by atoms with E-state index >= 15 is 0 Å². The highest BCUT2D eigenvalue weighted by Gasteiger charge is 2.12.